The maximum Gasteiger partial charge on any atom is 0.166 e. The number of anilines is 1. The van der Waals surface area contributed by atoms with Gasteiger partial charge < -0.3 is 10.2 Å². The Morgan fingerprint density at radius 1 is 1.24 bits per heavy atom. The third-order valence-electron chi connectivity index (χ3n) is 3.43. The van der Waals surface area contributed by atoms with Gasteiger partial charge in [-0.2, -0.15) is 0 Å². The van der Waals surface area contributed by atoms with Gasteiger partial charge >= 0.3 is 0 Å². The van der Waals surface area contributed by atoms with Crippen molar-refractivity contribution in [3.8, 4) is 11.4 Å². The molecule has 0 bridgehead atoms. The van der Waals surface area contributed by atoms with Crippen molar-refractivity contribution in [3.05, 3.63) is 40.2 Å². The molecule has 0 radical (unpaired) electrons. The Hall–Kier alpha value is -1.88. The average Bonchev–Trinajstić information content (AvgIpc) is 2.79. The van der Waals surface area contributed by atoms with Gasteiger partial charge in [-0.3, -0.25) is 0 Å². The average molecular weight is 346 g/mol. The molecule has 0 atom stereocenters. The number of nitrogen functional groups attached to an aromatic ring is 1. The Bertz CT molecular complexity index is 811. The van der Waals surface area contributed by atoms with Crippen LogP contribution in [0, 0.1) is 6.92 Å². The van der Waals surface area contributed by atoms with E-state index in [0.717, 1.165) is 45.3 Å². The van der Waals surface area contributed by atoms with Crippen LogP contribution in [0.5, 0.6) is 0 Å². The monoisotopic (exact) mass is 345 g/mol. The summed E-state index contributed by atoms with van der Waals surface area (Å²) < 4.78 is 6.58. The van der Waals surface area contributed by atoms with E-state index in [1.165, 1.54) is 0 Å². The summed E-state index contributed by atoms with van der Waals surface area (Å²) in [7, 11) is 0. The highest BCUT2D eigenvalue weighted by Gasteiger charge is 2.18. The number of benzene rings is 1. The summed E-state index contributed by atoms with van der Waals surface area (Å²) in [6.07, 6.45) is 1.86. The van der Waals surface area contributed by atoms with E-state index in [4.69, 9.17) is 10.2 Å². The molecule has 21 heavy (non-hydrogen) atoms. The topological polar surface area (TPSA) is 64.9 Å². The van der Waals surface area contributed by atoms with Crippen LogP contribution in [0.3, 0.4) is 0 Å². The van der Waals surface area contributed by atoms with Crippen LogP contribution >= 0.6 is 15.9 Å². The minimum Gasteiger partial charge on any atom is -0.461 e. The molecule has 0 saturated carbocycles. The highest BCUT2D eigenvalue weighted by Crippen LogP contribution is 2.34. The number of fused-ring (bicyclic) bond motifs is 1. The van der Waals surface area contributed by atoms with E-state index in [-0.39, 0.29) is 0 Å². The largest absolute Gasteiger partial charge is 0.461 e. The SMILES string of the molecule is CCCc1nc(-c2c(C)oc3ccccc23)nc(N)c1Br. The molecule has 2 N–H and O–H groups in total. The predicted molar refractivity (Wildman–Crippen MR) is 88.1 cm³/mol. The van der Waals surface area contributed by atoms with Crippen LogP contribution in [0.2, 0.25) is 0 Å². The lowest BCUT2D eigenvalue weighted by molar-refractivity contribution is 0.579. The lowest BCUT2D eigenvalue weighted by Crippen LogP contribution is -2.03. The Labute approximate surface area is 131 Å². The first-order valence-corrected chi connectivity index (χ1v) is 7.71. The van der Waals surface area contributed by atoms with Gasteiger partial charge in [0.25, 0.3) is 0 Å². The van der Waals surface area contributed by atoms with Gasteiger partial charge in [-0.1, -0.05) is 31.5 Å². The first-order valence-electron chi connectivity index (χ1n) is 6.92. The number of furan rings is 1. The molecule has 3 aromatic rings. The van der Waals surface area contributed by atoms with Crippen LogP contribution in [0.25, 0.3) is 22.4 Å². The van der Waals surface area contributed by atoms with Gasteiger partial charge in [-0.25, -0.2) is 9.97 Å². The summed E-state index contributed by atoms with van der Waals surface area (Å²) in [4.78, 5) is 9.11. The van der Waals surface area contributed by atoms with Gasteiger partial charge in [-0.15, -0.1) is 0 Å². The Morgan fingerprint density at radius 2 is 2.00 bits per heavy atom. The molecular weight excluding hydrogens is 330 g/mol. The maximum absolute atomic E-state index is 6.02. The molecule has 0 aliphatic carbocycles. The molecule has 0 aliphatic heterocycles. The molecule has 0 unspecified atom stereocenters. The van der Waals surface area contributed by atoms with Crippen molar-refractivity contribution in [3.63, 3.8) is 0 Å². The Morgan fingerprint density at radius 3 is 2.76 bits per heavy atom. The number of hydrogen-bond acceptors (Lipinski definition) is 4. The van der Waals surface area contributed by atoms with E-state index in [2.05, 4.69) is 32.8 Å². The smallest absolute Gasteiger partial charge is 0.166 e. The zero-order chi connectivity index (χ0) is 15.0. The van der Waals surface area contributed by atoms with Crippen LogP contribution in [0.1, 0.15) is 24.8 Å². The van der Waals surface area contributed by atoms with Gasteiger partial charge in [0.05, 0.1) is 15.7 Å². The number of nitrogens with zero attached hydrogens (tertiary/aromatic N) is 2. The zero-order valence-electron chi connectivity index (χ0n) is 12.0. The van der Waals surface area contributed by atoms with Crippen molar-refractivity contribution in [2.75, 3.05) is 5.73 Å². The molecule has 0 fully saturated rings. The Kier molecular flexibility index (Phi) is 3.68. The van der Waals surface area contributed by atoms with Crippen molar-refractivity contribution in [2.45, 2.75) is 26.7 Å². The number of nitrogens with two attached hydrogens (primary N) is 1. The van der Waals surface area contributed by atoms with Crippen LogP contribution in [-0.2, 0) is 6.42 Å². The van der Waals surface area contributed by atoms with Gasteiger partial charge in [-0.05, 0) is 35.3 Å². The van der Waals surface area contributed by atoms with E-state index in [1.54, 1.807) is 0 Å². The fraction of sp³-hybridized carbons (Fsp3) is 0.250. The van der Waals surface area contributed by atoms with Crippen molar-refractivity contribution in [2.24, 2.45) is 0 Å². The van der Waals surface area contributed by atoms with Crippen molar-refractivity contribution in [1.29, 1.82) is 0 Å². The molecule has 1 aromatic carbocycles. The second-order valence-corrected chi connectivity index (χ2v) is 5.77. The van der Waals surface area contributed by atoms with Crippen molar-refractivity contribution < 1.29 is 4.42 Å². The maximum atomic E-state index is 6.02. The van der Waals surface area contributed by atoms with Crippen molar-refractivity contribution >= 4 is 32.7 Å². The van der Waals surface area contributed by atoms with E-state index in [0.29, 0.717) is 11.6 Å². The zero-order valence-corrected chi connectivity index (χ0v) is 13.6. The third kappa shape index (κ3) is 2.42. The van der Waals surface area contributed by atoms with Crippen LogP contribution in [0.4, 0.5) is 5.82 Å². The van der Waals surface area contributed by atoms with E-state index >= 15 is 0 Å². The summed E-state index contributed by atoms with van der Waals surface area (Å²) in [6.45, 7) is 4.04. The van der Waals surface area contributed by atoms with Gasteiger partial charge in [0.15, 0.2) is 5.82 Å². The number of rotatable bonds is 3. The predicted octanol–water partition coefficient (Wildman–Crippen LogP) is 4.50. The molecule has 0 saturated heterocycles. The number of aryl methyl sites for hydroxylation is 2. The molecule has 3 rings (SSSR count). The van der Waals surface area contributed by atoms with Gasteiger partial charge in [0, 0.05) is 5.39 Å². The highest BCUT2D eigenvalue weighted by molar-refractivity contribution is 9.10. The first-order chi connectivity index (χ1) is 10.1. The number of aromatic nitrogens is 2. The normalized spacial score (nSPS) is 11.2. The first kappa shape index (κ1) is 14.1. The summed E-state index contributed by atoms with van der Waals surface area (Å²) in [6, 6.07) is 7.90. The molecule has 5 heteroatoms. The lowest BCUT2D eigenvalue weighted by atomic mass is 10.1. The molecule has 2 aromatic heterocycles. The van der Waals surface area contributed by atoms with Crippen LogP contribution in [-0.4, -0.2) is 9.97 Å². The fourth-order valence-electron chi connectivity index (χ4n) is 2.47. The fourth-order valence-corrected chi connectivity index (χ4v) is 2.85. The highest BCUT2D eigenvalue weighted by atomic mass is 79.9. The van der Waals surface area contributed by atoms with Crippen LogP contribution < -0.4 is 5.73 Å². The molecule has 4 nitrogen and oxygen atoms in total. The van der Waals surface area contributed by atoms with E-state index in [1.807, 2.05) is 31.2 Å². The minimum atomic E-state index is 0.466. The second-order valence-electron chi connectivity index (χ2n) is 4.97. The minimum absolute atomic E-state index is 0.466. The summed E-state index contributed by atoms with van der Waals surface area (Å²) >= 11 is 3.47. The third-order valence-corrected chi connectivity index (χ3v) is 4.29. The molecule has 0 spiro atoms. The number of para-hydroxylation sites is 1. The van der Waals surface area contributed by atoms with Gasteiger partial charge in [0.2, 0.25) is 0 Å². The van der Waals surface area contributed by atoms with E-state index in [9.17, 15) is 0 Å². The van der Waals surface area contributed by atoms with E-state index < -0.39 is 0 Å². The molecule has 2 heterocycles. The number of hydrogen-bond donors (Lipinski definition) is 1. The van der Waals surface area contributed by atoms with Crippen LogP contribution in [0.15, 0.2) is 33.2 Å². The number of halogens is 1. The molecule has 108 valence electrons. The standard InChI is InChI=1S/C16H16BrN3O/c1-3-6-11-14(17)15(18)20-16(19-11)13-9(2)21-12-8-5-4-7-10(12)13/h4-5,7-8H,3,6H2,1-2H3,(H2,18,19,20). The quantitative estimate of drug-likeness (QED) is 0.759. The summed E-state index contributed by atoms with van der Waals surface area (Å²) in [5.41, 5.74) is 8.72. The molecular formula is C16H16BrN3O. The summed E-state index contributed by atoms with van der Waals surface area (Å²) in [5.74, 6) is 1.90. The van der Waals surface area contributed by atoms with Crippen molar-refractivity contribution in [1.82, 2.24) is 9.97 Å². The summed E-state index contributed by atoms with van der Waals surface area (Å²) in [5, 5.41) is 1.01. The Balaban J connectivity index is 2.25. The molecule has 0 amide bonds. The van der Waals surface area contributed by atoms with Gasteiger partial charge in [0.1, 0.15) is 17.2 Å². The molecule has 0 aliphatic rings. The lowest BCUT2D eigenvalue weighted by Gasteiger charge is -2.08. The second kappa shape index (κ2) is 5.48.